The summed E-state index contributed by atoms with van der Waals surface area (Å²) >= 11 is 11.8. The number of aromatic nitrogens is 1. The minimum absolute atomic E-state index is 0.145. The lowest BCUT2D eigenvalue weighted by atomic mass is 10.1. The van der Waals surface area contributed by atoms with Gasteiger partial charge in [0.15, 0.2) is 0 Å². The molecule has 1 aromatic carbocycles. The molecular formula is C15H14Cl2N2O. The number of nitrogens with one attached hydrogen (secondary N) is 1. The third-order valence-corrected chi connectivity index (χ3v) is 3.31. The van der Waals surface area contributed by atoms with E-state index < -0.39 is 0 Å². The monoisotopic (exact) mass is 308 g/mol. The number of amides is 1. The molecule has 1 atom stereocenters. The Labute approximate surface area is 127 Å². The van der Waals surface area contributed by atoms with Crippen molar-refractivity contribution in [1.82, 2.24) is 10.3 Å². The van der Waals surface area contributed by atoms with Gasteiger partial charge in [-0.05, 0) is 43.7 Å². The van der Waals surface area contributed by atoms with Crippen molar-refractivity contribution in [3.05, 3.63) is 63.4 Å². The summed E-state index contributed by atoms with van der Waals surface area (Å²) in [4.78, 5) is 16.2. The molecule has 0 fully saturated rings. The van der Waals surface area contributed by atoms with Gasteiger partial charge in [0.2, 0.25) is 0 Å². The number of pyridine rings is 1. The van der Waals surface area contributed by atoms with Crippen molar-refractivity contribution >= 4 is 29.1 Å². The summed E-state index contributed by atoms with van der Waals surface area (Å²) in [5.41, 5.74) is 2.15. The normalized spacial score (nSPS) is 12.0. The highest BCUT2D eigenvalue weighted by Crippen LogP contribution is 2.18. The Bertz CT molecular complexity index is 623. The Balaban J connectivity index is 2.15. The second kappa shape index (κ2) is 6.25. The number of hydrogen-bond donors (Lipinski definition) is 1. The van der Waals surface area contributed by atoms with Crippen molar-refractivity contribution in [2.75, 3.05) is 0 Å². The van der Waals surface area contributed by atoms with Crippen LogP contribution in [0.25, 0.3) is 0 Å². The van der Waals surface area contributed by atoms with Gasteiger partial charge in [-0.2, -0.15) is 0 Å². The van der Waals surface area contributed by atoms with Gasteiger partial charge in [0.1, 0.15) is 5.15 Å². The zero-order valence-corrected chi connectivity index (χ0v) is 12.7. The third kappa shape index (κ3) is 3.71. The van der Waals surface area contributed by atoms with Gasteiger partial charge in [0, 0.05) is 16.3 Å². The summed E-state index contributed by atoms with van der Waals surface area (Å²) in [5, 5.41) is 3.87. The van der Waals surface area contributed by atoms with E-state index in [2.05, 4.69) is 10.3 Å². The average Bonchev–Trinajstić information content (AvgIpc) is 2.37. The van der Waals surface area contributed by atoms with Crippen LogP contribution in [-0.2, 0) is 0 Å². The molecule has 0 aliphatic carbocycles. The molecule has 104 valence electrons. The zero-order valence-electron chi connectivity index (χ0n) is 11.2. The Hall–Kier alpha value is -1.58. The van der Waals surface area contributed by atoms with E-state index in [1.54, 1.807) is 25.1 Å². The number of aryl methyl sites for hydroxylation is 1. The average molecular weight is 309 g/mol. The van der Waals surface area contributed by atoms with Crippen LogP contribution in [0.15, 0.2) is 36.4 Å². The van der Waals surface area contributed by atoms with Crippen LogP contribution in [0.2, 0.25) is 10.2 Å². The number of benzene rings is 1. The molecule has 20 heavy (non-hydrogen) atoms. The van der Waals surface area contributed by atoms with Crippen LogP contribution in [0.3, 0.4) is 0 Å². The van der Waals surface area contributed by atoms with Gasteiger partial charge in [-0.3, -0.25) is 4.79 Å². The molecular weight excluding hydrogens is 295 g/mol. The molecule has 0 aliphatic heterocycles. The number of carbonyl (C=O) groups excluding carboxylic acids is 1. The summed E-state index contributed by atoms with van der Waals surface area (Å²) in [6.07, 6.45) is 0. The zero-order chi connectivity index (χ0) is 14.7. The van der Waals surface area contributed by atoms with Crippen molar-refractivity contribution in [2.45, 2.75) is 19.9 Å². The molecule has 2 aromatic rings. The summed E-state index contributed by atoms with van der Waals surface area (Å²) in [6.45, 7) is 3.70. The molecule has 1 N–H and O–H groups in total. The maximum absolute atomic E-state index is 12.2. The Morgan fingerprint density at radius 2 is 2.00 bits per heavy atom. The maximum Gasteiger partial charge on any atom is 0.251 e. The summed E-state index contributed by atoms with van der Waals surface area (Å²) < 4.78 is 0. The fourth-order valence-electron chi connectivity index (χ4n) is 1.90. The second-order valence-corrected chi connectivity index (χ2v) is 5.39. The van der Waals surface area contributed by atoms with E-state index in [0.717, 1.165) is 5.56 Å². The van der Waals surface area contributed by atoms with Crippen molar-refractivity contribution in [1.29, 1.82) is 0 Å². The van der Waals surface area contributed by atoms with Crippen LogP contribution >= 0.6 is 23.2 Å². The van der Waals surface area contributed by atoms with E-state index in [0.29, 0.717) is 21.4 Å². The van der Waals surface area contributed by atoms with E-state index in [-0.39, 0.29) is 11.9 Å². The first kappa shape index (κ1) is 14.8. The molecule has 1 unspecified atom stereocenters. The molecule has 3 nitrogen and oxygen atoms in total. The highest BCUT2D eigenvalue weighted by Gasteiger charge is 2.13. The molecule has 1 amide bonds. The quantitative estimate of drug-likeness (QED) is 0.864. The molecule has 0 radical (unpaired) electrons. The van der Waals surface area contributed by atoms with Crippen molar-refractivity contribution in [3.63, 3.8) is 0 Å². The molecule has 5 heteroatoms. The molecule has 0 spiro atoms. The van der Waals surface area contributed by atoms with Crippen LogP contribution in [0.5, 0.6) is 0 Å². The van der Waals surface area contributed by atoms with Crippen LogP contribution in [-0.4, -0.2) is 10.9 Å². The first-order valence-corrected chi connectivity index (χ1v) is 6.92. The van der Waals surface area contributed by atoms with E-state index in [9.17, 15) is 4.79 Å². The number of hydrogen-bond acceptors (Lipinski definition) is 2. The van der Waals surface area contributed by atoms with E-state index in [1.165, 1.54) is 0 Å². The Morgan fingerprint density at radius 1 is 1.25 bits per heavy atom. The minimum atomic E-state index is -0.190. The van der Waals surface area contributed by atoms with E-state index >= 15 is 0 Å². The first-order chi connectivity index (χ1) is 9.45. The van der Waals surface area contributed by atoms with Gasteiger partial charge in [-0.15, -0.1) is 0 Å². The molecule has 0 bridgehead atoms. The Morgan fingerprint density at radius 3 is 2.65 bits per heavy atom. The van der Waals surface area contributed by atoms with Crippen LogP contribution in [0.4, 0.5) is 0 Å². The second-order valence-electron chi connectivity index (χ2n) is 4.57. The number of rotatable bonds is 3. The van der Waals surface area contributed by atoms with Gasteiger partial charge in [0.05, 0.1) is 6.04 Å². The minimum Gasteiger partial charge on any atom is -0.346 e. The SMILES string of the molecule is Cc1cc(C(=O)NC(C)c2cccc(Cl)c2)cc(Cl)n1. The fraction of sp³-hybridized carbons (Fsp3) is 0.200. The molecule has 0 aliphatic rings. The van der Waals surface area contributed by atoms with Crippen molar-refractivity contribution < 1.29 is 4.79 Å². The maximum atomic E-state index is 12.2. The van der Waals surface area contributed by atoms with E-state index in [1.807, 2.05) is 25.1 Å². The van der Waals surface area contributed by atoms with Crippen molar-refractivity contribution in [3.8, 4) is 0 Å². The highest BCUT2D eigenvalue weighted by molar-refractivity contribution is 6.30. The predicted octanol–water partition coefficient (Wildman–Crippen LogP) is 4.19. The molecule has 0 saturated heterocycles. The standard InChI is InChI=1S/C15H14Cl2N2O/c1-9-6-12(8-14(17)18-9)15(20)19-10(2)11-4-3-5-13(16)7-11/h3-8,10H,1-2H3,(H,19,20). The van der Waals surface area contributed by atoms with E-state index in [4.69, 9.17) is 23.2 Å². The molecule has 0 saturated carbocycles. The van der Waals surface area contributed by atoms with Crippen LogP contribution < -0.4 is 5.32 Å². The lowest BCUT2D eigenvalue weighted by molar-refractivity contribution is 0.0939. The van der Waals surface area contributed by atoms with Crippen LogP contribution in [0, 0.1) is 6.92 Å². The number of halogens is 2. The van der Waals surface area contributed by atoms with Gasteiger partial charge in [0.25, 0.3) is 5.91 Å². The van der Waals surface area contributed by atoms with Crippen LogP contribution in [0.1, 0.15) is 34.6 Å². The Kier molecular flexibility index (Phi) is 4.63. The summed E-state index contributed by atoms with van der Waals surface area (Å²) in [5.74, 6) is -0.190. The lowest BCUT2D eigenvalue weighted by Crippen LogP contribution is -2.26. The van der Waals surface area contributed by atoms with Gasteiger partial charge >= 0.3 is 0 Å². The van der Waals surface area contributed by atoms with Gasteiger partial charge < -0.3 is 5.32 Å². The molecule has 1 aromatic heterocycles. The summed E-state index contributed by atoms with van der Waals surface area (Å²) in [7, 11) is 0. The first-order valence-electron chi connectivity index (χ1n) is 6.16. The topological polar surface area (TPSA) is 42.0 Å². The molecule has 1 heterocycles. The van der Waals surface area contributed by atoms with Crippen molar-refractivity contribution in [2.24, 2.45) is 0 Å². The smallest absolute Gasteiger partial charge is 0.251 e. The predicted molar refractivity (Wildman–Crippen MR) is 81.3 cm³/mol. The highest BCUT2D eigenvalue weighted by atomic mass is 35.5. The third-order valence-electron chi connectivity index (χ3n) is 2.88. The number of carbonyl (C=O) groups is 1. The molecule has 2 rings (SSSR count). The fourth-order valence-corrected chi connectivity index (χ4v) is 2.35. The van der Waals surface area contributed by atoms with Gasteiger partial charge in [-0.1, -0.05) is 35.3 Å². The number of nitrogens with zero attached hydrogens (tertiary/aromatic N) is 1. The lowest BCUT2D eigenvalue weighted by Gasteiger charge is -2.15. The largest absolute Gasteiger partial charge is 0.346 e. The summed E-state index contributed by atoms with van der Waals surface area (Å²) in [6, 6.07) is 10.5. The van der Waals surface area contributed by atoms with Gasteiger partial charge in [-0.25, -0.2) is 4.98 Å².